The van der Waals surface area contributed by atoms with E-state index < -0.39 is 0 Å². The molecule has 1 aromatic rings. The van der Waals surface area contributed by atoms with Crippen molar-refractivity contribution in [1.29, 1.82) is 0 Å². The fraction of sp³-hybridized carbons (Fsp3) is 0.444. The molecule has 0 radical (unpaired) electrons. The van der Waals surface area contributed by atoms with Crippen molar-refractivity contribution in [2.75, 3.05) is 11.6 Å². The highest BCUT2D eigenvalue weighted by atomic mass is 35.5. The Morgan fingerprint density at radius 2 is 2.38 bits per heavy atom. The van der Waals surface area contributed by atoms with Gasteiger partial charge in [-0.2, -0.15) is 0 Å². The quantitative estimate of drug-likeness (QED) is 0.439. The summed E-state index contributed by atoms with van der Waals surface area (Å²) in [5.74, 6) is 1.61. The summed E-state index contributed by atoms with van der Waals surface area (Å²) in [5.41, 5.74) is 0. The van der Waals surface area contributed by atoms with Crippen LogP contribution in [0.25, 0.3) is 0 Å². The average Bonchev–Trinajstić information content (AvgIpc) is 2.54. The summed E-state index contributed by atoms with van der Waals surface area (Å²) in [6.45, 7) is 2.10. The van der Waals surface area contributed by atoms with Crippen LogP contribution in [0, 0.1) is 0 Å². The van der Waals surface area contributed by atoms with Gasteiger partial charge in [0, 0.05) is 12.3 Å². The Bertz CT molecular complexity index is 283. The van der Waals surface area contributed by atoms with Crippen LogP contribution in [0.1, 0.15) is 23.0 Å². The SMILES string of the molecule is CCSc1ccc(C(=O)CCCl)s1. The van der Waals surface area contributed by atoms with Crippen molar-refractivity contribution in [1.82, 2.24) is 0 Å². The number of rotatable bonds is 5. The number of thiophene rings is 1. The lowest BCUT2D eigenvalue weighted by atomic mass is 10.3. The van der Waals surface area contributed by atoms with Gasteiger partial charge >= 0.3 is 0 Å². The Hall–Kier alpha value is 0.01000. The third-order valence-electron chi connectivity index (χ3n) is 1.46. The number of ketones is 1. The number of thioether (sulfide) groups is 1. The van der Waals surface area contributed by atoms with Crippen LogP contribution < -0.4 is 0 Å². The third kappa shape index (κ3) is 3.33. The minimum atomic E-state index is 0.156. The standard InChI is InChI=1S/C9H11ClOS2/c1-2-12-9-4-3-8(13-9)7(11)5-6-10/h3-4H,2,5-6H2,1H3. The zero-order valence-electron chi connectivity index (χ0n) is 7.38. The van der Waals surface area contributed by atoms with Gasteiger partial charge in [-0.15, -0.1) is 34.7 Å². The number of Topliss-reactive ketones (excluding diaryl/α,β-unsaturated/α-hetero) is 1. The molecule has 0 atom stereocenters. The van der Waals surface area contributed by atoms with E-state index in [0.29, 0.717) is 12.3 Å². The molecule has 72 valence electrons. The second-order valence-corrected chi connectivity index (χ2v) is 5.44. The maximum atomic E-state index is 11.4. The summed E-state index contributed by atoms with van der Waals surface area (Å²) in [4.78, 5) is 12.2. The predicted molar refractivity (Wildman–Crippen MR) is 60.4 cm³/mol. The van der Waals surface area contributed by atoms with Crippen LogP contribution in [0.3, 0.4) is 0 Å². The second kappa shape index (κ2) is 5.68. The highest BCUT2D eigenvalue weighted by Gasteiger charge is 2.07. The van der Waals surface area contributed by atoms with E-state index in [2.05, 4.69) is 6.92 Å². The molecule has 0 fully saturated rings. The molecule has 0 saturated heterocycles. The summed E-state index contributed by atoms with van der Waals surface area (Å²) in [5, 5.41) is 0. The molecule has 0 amide bonds. The molecule has 1 rings (SSSR count). The lowest BCUT2D eigenvalue weighted by molar-refractivity contribution is 0.0993. The number of alkyl halides is 1. The molecule has 0 N–H and O–H groups in total. The van der Waals surface area contributed by atoms with Gasteiger partial charge in [0.05, 0.1) is 9.09 Å². The van der Waals surface area contributed by atoms with Crippen molar-refractivity contribution in [3.63, 3.8) is 0 Å². The molecule has 1 nitrogen and oxygen atoms in total. The fourth-order valence-corrected chi connectivity index (χ4v) is 3.08. The van der Waals surface area contributed by atoms with Gasteiger partial charge in [-0.05, 0) is 17.9 Å². The van der Waals surface area contributed by atoms with Gasteiger partial charge in [-0.3, -0.25) is 4.79 Å². The smallest absolute Gasteiger partial charge is 0.174 e. The van der Waals surface area contributed by atoms with Gasteiger partial charge < -0.3 is 0 Å². The number of halogens is 1. The van der Waals surface area contributed by atoms with Crippen molar-refractivity contribution >= 4 is 40.5 Å². The molecule has 0 aliphatic rings. The van der Waals surface area contributed by atoms with Gasteiger partial charge in [0.25, 0.3) is 0 Å². The van der Waals surface area contributed by atoms with Gasteiger partial charge in [-0.25, -0.2) is 0 Å². The summed E-state index contributed by atoms with van der Waals surface area (Å²) < 4.78 is 1.21. The minimum absolute atomic E-state index is 0.156. The topological polar surface area (TPSA) is 17.1 Å². The van der Waals surface area contributed by atoms with E-state index in [4.69, 9.17) is 11.6 Å². The lowest BCUT2D eigenvalue weighted by Gasteiger charge is -1.92. The van der Waals surface area contributed by atoms with Gasteiger partial charge in [0.15, 0.2) is 5.78 Å². The molecule has 13 heavy (non-hydrogen) atoms. The first-order chi connectivity index (χ1) is 6.27. The lowest BCUT2D eigenvalue weighted by Crippen LogP contribution is -1.95. The van der Waals surface area contributed by atoms with Crippen LogP contribution in [0.2, 0.25) is 0 Å². The molecule has 4 heteroatoms. The van der Waals surface area contributed by atoms with Crippen molar-refractivity contribution in [2.24, 2.45) is 0 Å². The molecule has 0 aliphatic heterocycles. The molecule has 0 spiro atoms. The first-order valence-corrected chi connectivity index (χ1v) is 6.43. The van der Waals surface area contributed by atoms with E-state index in [1.165, 1.54) is 4.21 Å². The Morgan fingerprint density at radius 3 is 3.00 bits per heavy atom. The second-order valence-electron chi connectivity index (χ2n) is 2.41. The van der Waals surface area contributed by atoms with Crippen LogP contribution in [0.5, 0.6) is 0 Å². The number of carbonyl (C=O) groups excluding carboxylic acids is 1. The fourth-order valence-electron chi connectivity index (χ4n) is 0.899. The predicted octanol–water partition coefficient (Wildman–Crippen LogP) is 3.67. The van der Waals surface area contributed by atoms with E-state index in [9.17, 15) is 4.79 Å². The van der Waals surface area contributed by atoms with Crippen molar-refractivity contribution < 1.29 is 4.79 Å². The first kappa shape index (κ1) is 11.1. The number of hydrogen-bond acceptors (Lipinski definition) is 3. The highest BCUT2D eigenvalue weighted by molar-refractivity contribution is 8.01. The van der Waals surface area contributed by atoms with Crippen LogP contribution in [0.15, 0.2) is 16.3 Å². The largest absolute Gasteiger partial charge is 0.293 e. The Labute approximate surface area is 91.5 Å². The Kier molecular flexibility index (Phi) is 4.84. The van der Waals surface area contributed by atoms with Crippen molar-refractivity contribution in [2.45, 2.75) is 17.6 Å². The molecule has 0 bridgehead atoms. The molecule has 0 aromatic carbocycles. The van der Waals surface area contributed by atoms with Crippen molar-refractivity contribution in [3.8, 4) is 0 Å². The van der Waals surface area contributed by atoms with E-state index in [1.807, 2.05) is 12.1 Å². The maximum Gasteiger partial charge on any atom is 0.174 e. The molecule has 0 unspecified atom stereocenters. The molecular formula is C9H11ClOS2. The highest BCUT2D eigenvalue weighted by Crippen LogP contribution is 2.27. The Balaban J connectivity index is 2.62. The molecular weight excluding hydrogens is 224 g/mol. The van der Waals surface area contributed by atoms with Crippen LogP contribution in [0.4, 0.5) is 0 Å². The van der Waals surface area contributed by atoms with E-state index >= 15 is 0 Å². The van der Waals surface area contributed by atoms with E-state index in [-0.39, 0.29) is 5.78 Å². The van der Waals surface area contributed by atoms with Gasteiger partial charge in [-0.1, -0.05) is 6.92 Å². The zero-order valence-corrected chi connectivity index (χ0v) is 9.77. The van der Waals surface area contributed by atoms with Crippen LogP contribution in [-0.4, -0.2) is 17.4 Å². The van der Waals surface area contributed by atoms with E-state index in [0.717, 1.165) is 10.6 Å². The molecule has 0 aliphatic carbocycles. The molecule has 1 heterocycles. The summed E-state index contributed by atoms with van der Waals surface area (Å²) >= 11 is 8.82. The normalized spacial score (nSPS) is 10.3. The Morgan fingerprint density at radius 1 is 1.62 bits per heavy atom. The van der Waals surface area contributed by atoms with E-state index in [1.54, 1.807) is 23.1 Å². The average molecular weight is 235 g/mol. The number of hydrogen-bond donors (Lipinski definition) is 0. The third-order valence-corrected chi connectivity index (χ3v) is 3.89. The van der Waals surface area contributed by atoms with Gasteiger partial charge in [0.1, 0.15) is 0 Å². The van der Waals surface area contributed by atoms with Crippen molar-refractivity contribution in [3.05, 3.63) is 17.0 Å². The molecule has 1 aromatic heterocycles. The summed E-state index contributed by atoms with van der Waals surface area (Å²) in [6.07, 6.45) is 0.443. The van der Waals surface area contributed by atoms with Crippen LogP contribution >= 0.6 is 34.7 Å². The summed E-state index contributed by atoms with van der Waals surface area (Å²) in [7, 11) is 0. The summed E-state index contributed by atoms with van der Waals surface area (Å²) in [6, 6.07) is 3.89. The first-order valence-electron chi connectivity index (χ1n) is 4.09. The monoisotopic (exact) mass is 234 g/mol. The van der Waals surface area contributed by atoms with Crippen LogP contribution in [-0.2, 0) is 0 Å². The number of carbonyl (C=O) groups is 1. The van der Waals surface area contributed by atoms with Gasteiger partial charge in [0.2, 0.25) is 0 Å². The minimum Gasteiger partial charge on any atom is -0.293 e. The molecule has 0 saturated carbocycles. The maximum absolute atomic E-state index is 11.4. The zero-order chi connectivity index (χ0) is 9.68.